The van der Waals surface area contributed by atoms with Gasteiger partial charge in [0.1, 0.15) is 0 Å². The van der Waals surface area contributed by atoms with E-state index in [1.807, 2.05) is 4.90 Å². The van der Waals surface area contributed by atoms with E-state index in [2.05, 4.69) is 0 Å². The Hall–Kier alpha value is -1.84. The van der Waals surface area contributed by atoms with Crippen molar-refractivity contribution in [3.63, 3.8) is 0 Å². The number of nitrogen functional groups attached to an aromatic ring is 1. The van der Waals surface area contributed by atoms with Crippen LogP contribution in [0.4, 0.5) is 5.69 Å². The highest BCUT2D eigenvalue weighted by atomic mass is 16.2. The van der Waals surface area contributed by atoms with Gasteiger partial charge in [0, 0.05) is 37.2 Å². The van der Waals surface area contributed by atoms with E-state index >= 15 is 0 Å². The Bertz CT molecular complexity index is 451. The first-order valence-electron chi connectivity index (χ1n) is 6.33. The number of rotatable bonds is 4. The molecule has 96 valence electrons. The van der Waals surface area contributed by atoms with Crippen LogP contribution in [-0.2, 0) is 4.79 Å². The van der Waals surface area contributed by atoms with Crippen LogP contribution >= 0.6 is 0 Å². The molecule has 1 saturated heterocycles. The van der Waals surface area contributed by atoms with E-state index in [9.17, 15) is 9.59 Å². The van der Waals surface area contributed by atoms with E-state index in [-0.39, 0.29) is 18.1 Å². The summed E-state index contributed by atoms with van der Waals surface area (Å²) in [6.45, 7) is 1.68. The van der Waals surface area contributed by atoms with Crippen molar-refractivity contribution in [1.82, 2.24) is 4.90 Å². The van der Waals surface area contributed by atoms with E-state index in [0.717, 1.165) is 25.9 Å². The molecule has 1 aliphatic heterocycles. The van der Waals surface area contributed by atoms with Gasteiger partial charge in [0.2, 0.25) is 5.91 Å². The van der Waals surface area contributed by atoms with Crippen molar-refractivity contribution in [2.75, 3.05) is 18.8 Å². The fourth-order valence-corrected chi connectivity index (χ4v) is 2.20. The SMILES string of the molecule is Nc1cccc(C(=O)CCC(=O)N2CCCC2)c1. The normalized spacial score (nSPS) is 14.8. The predicted molar refractivity (Wildman–Crippen MR) is 70.2 cm³/mol. The molecule has 4 heteroatoms. The smallest absolute Gasteiger partial charge is 0.223 e. The summed E-state index contributed by atoms with van der Waals surface area (Å²) in [5.41, 5.74) is 6.79. The summed E-state index contributed by atoms with van der Waals surface area (Å²) in [6, 6.07) is 6.89. The molecule has 0 aliphatic carbocycles. The third kappa shape index (κ3) is 3.09. The number of hydrogen-bond acceptors (Lipinski definition) is 3. The average Bonchev–Trinajstić information content (AvgIpc) is 2.89. The first-order chi connectivity index (χ1) is 8.66. The van der Waals surface area contributed by atoms with E-state index < -0.39 is 0 Å². The summed E-state index contributed by atoms with van der Waals surface area (Å²) in [5.74, 6) is 0.0691. The van der Waals surface area contributed by atoms with Crippen molar-refractivity contribution in [2.45, 2.75) is 25.7 Å². The Morgan fingerprint density at radius 3 is 2.56 bits per heavy atom. The molecule has 1 aromatic carbocycles. The summed E-state index contributed by atoms with van der Waals surface area (Å²) in [4.78, 5) is 25.5. The fourth-order valence-electron chi connectivity index (χ4n) is 2.20. The largest absolute Gasteiger partial charge is 0.399 e. The van der Waals surface area contributed by atoms with Crippen molar-refractivity contribution >= 4 is 17.4 Å². The molecular weight excluding hydrogens is 228 g/mol. The molecule has 18 heavy (non-hydrogen) atoms. The van der Waals surface area contributed by atoms with Gasteiger partial charge in [0.15, 0.2) is 5.78 Å². The number of carbonyl (C=O) groups excluding carboxylic acids is 2. The summed E-state index contributed by atoms with van der Waals surface area (Å²) >= 11 is 0. The standard InChI is InChI=1S/C14H18N2O2/c15-12-5-3-4-11(10-12)13(17)6-7-14(18)16-8-1-2-9-16/h3-5,10H,1-2,6-9,15H2. The van der Waals surface area contributed by atoms with Gasteiger partial charge in [-0.05, 0) is 25.0 Å². The maximum atomic E-state index is 11.9. The highest BCUT2D eigenvalue weighted by Crippen LogP contribution is 2.13. The topological polar surface area (TPSA) is 63.4 Å². The molecule has 1 heterocycles. The van der Waals surface area contributed by atoms with Gasteiger partial charge in [0.05, 0.1) is 0 Å². The summed E-state index contributed by atoms with van der Waals surface area (Å²) in [7, 11) is 0. The lowest BCUT2D eigenvalue weighted by Crippen LogP contribution is -2.27. The molecule has 0 spiro atoms. The molecule has 0 bridgehead atoms. The second kappa shape index (κ2) is 5.67. The monoisotopic (exact) mass is 246 g/mol. The number of anilines is 1. The van der Waals surface area contributed by atoms with Crippen LogP contribution in [0.3, 0.4) is 0 Å². The van der Waals surface area contributed by atoms with Crippen LogP contribution in [0.5, 0.6) is 0 Å². The fraction of sp³-hybridized carbons (Fsp3) is 0.429. The van der Waals surface area contributed by atoms with Gasteiger partial charge >= 0.3 is 0 Å². The number of benzene rings is 1. The zero-order chi connectivity index (χ0) is 13.0. The van der Waals surface area contributed by atoms with Crippen LogP contribution < -0.4 is 5.73 Å². The zero-order valence-corrected chi connectivity index (χ0v) is 10.4. The lowest BCUT2D eigenvalue weighted by atomic mass is 10.1. The number of amides is 1. The number of nitrogens with zero attached hydrogens (tertiary/aromatic N) is 1. The number of ketones is 1. The van der Waals surface area contributed by atoms with Gasteiger partial charge in [0.25, 0.3) is 0 Å². The molecule has 1 aliphatic rings. The van der Waals surface area contributed by atoms with Gasteiger partial charge in [-0.2, -0.15) is 0 Å². The first-order valence-corrected chi connectivity index (χ1v) is 6.33. The third-order valence-electron chi connectivity index (χ3n) is 3.23. The van der Waals surface area contributed by atoms with Crippen LogP contribution in [0.1, 0.15) is 36.0 Å². The number of carbonyl (C=O) groups is 2. The second-order valence-electron chi connectivity index (χ2n) is 4.64. The molecule has 2 rings (SSSR count). The minimum absolute atomic E-state index is 0.0187. The quantitative estimate of drug-likeness (QED) is 0.651. The molecule has 4 nitrogen and oxygen atoms in total. The number of hydrogen-bond donors (Lipinski definition) is 1. The zero-order valence-electron chi connectivity index (χ0n) is 10.4. The highest BCUT2D eigenvalue weighted by Gasteiger charge is 2.18. The Balaban J connectivity index is 1.86. The van der Waals surface area contributed by atoms with Gasteiger partial charge in [-0.3, -0.25) is 9.59 Å². The lowest BCUT2D eigenvalue weighted by molar-refractivity contribution is -0.130. The van der Waals surface area contributed by atoms with Crippen LogP contribution in [-0.4, -0.2) is 29.7 Å². The molecule has 0 aromatic heterocycles. The average molecular weight is 246 g/mol. The van der Waals surface area contributed by atoms with Crippen molar-refractivity contribution in [3.05, 3.63) is 29.8 Å². The highest BCUT2D eigenvalue weighted by molar-refractivity contribution is 5.98. The molecular formula is C14H18N2O2. The van der Waals surface area contributed by atoms with Crippen LogP contribution in [0.25, 0.3) is 0 Å². The number of Topliss-reactive ketones (excluding diaryl/α,β-unsaturated/α-hetero) is 1. The Labute approximate surface area is 107 Å². The predicted octanol–water partition coefficient (Wildman–Crippen LogP) is 1.85. The molecule has 1 aromatic rings. The minimum atomic E-state index is -0.0187. The van der Waals surface area contributed by atoms with Crippen LogP contribution in [0, 0.1) is 0 Å². The van der Waals surface area contributed by atoms with Gasteiger partial charge in [-0.1, -0.05) is 12.1 Å². The summed E-state index contributed by atoms with van der Waals surface area (Å²) < 4.78 is 0. The second-order valence-corrected chi connectivity index (χ2v) is 4.64. The Morgan fingerprint density at radius 1 is 1.17 bits per heavy atom. The first kappa shape index (κ1) is 12.6. The van der Waals surface area contributed by atoms with E-state index in [4.69, 9.17) is 5.73 Å². The van der Waals surface area contributed by atoms with Crippen molar-refractivity contribution in [2.24, 2.45) is 0 Å². The third-order valence-corrected chi connectivity index (χ3v) is 3.23. The van der Waals surface area contributed by atoms with Gasteiger partial charge in [-0.15, -0.1) is 0 Å². The Morgan fingerprint density at radius 2 is 1.89 bits per heavy atom. The maximum Gasteiger partial charge on any atom is 0.223 e. The van der Waals surface area contributed by atoms with Crippen LogP contribution in [0.15, 0.2) is 24.3 Å². The summed E-state index contributed by atoms with van der Waals surface area (Å²) in [5, 5.41) is 0. The van der Waals surface area contributed by atoms with Gasteiger partial charge in [-0.25, -0.2) is 0 Å². The molecule has 0 atom stereocenters. The number of likely N-dealkylation sites (tertiary alicyclic amines) is 1. The molecule has 0 unspecified atom stereocenters. The molecule has 2 N–H and O–H groups in total. The van der Waals surface area contributed by atoms with Gasteiger partial charge < -0.3 is 10.6 Å². The van der Waals surface area contributed by atoms with Crippen molar-refractivity contribution in [3.8, 4) is 0 Å². The minimum Gasteiger partial charge on any atom is -0.399 e. The molecule has 1 fully saturated rings. The van der Waals surface area contributed by atoms with Crippen molar-refractivity contribution < 1.29 is 9.59 Å². The lowest BCUT2D eigenvalue weighted by Gasteiger charge is -2.14. The van der Waals surface area contributed by atoms with Crippen LogP contribution in [0.2, 0.25) is 0 Å². The Kier molecular flexibility index (Phi) is 3.97. The van der Waals surface area contributed by atoms with E-state index in [0.29, 0.717) is 17.7 Å². The maximum absolute atomic E-state index is 11.9. The molecule has 0 saturated carbocycles. The van der Waals surface area contributed by atoms with Crippen molar-refractivity contribution in [1.29, 1.82) is 0 Å². The molecule has 1 amide bonds. The molecule has 0 radical (unpaired) electrons. The van der Waals surface area contributed by atoms with E-state index in [1.54, 1.807) is 24.3 Å². The number of nitrogens with two attached hydrogens (primary N) is 1. The summed E-state index contributed by atoms with van der Waals surface area (Å²) in [6.07, 6.45) is 2.72. The van der Waals surface area contributed by atoms with E-state index in [1.165, 1.54) is 0 Å².